The minimum Gasteiger partial charge on any atom is -0.459 e. The first kappa shape index (κ1) is 20.0. The maximum atomic E-state index is 12.7. The number of hydrogen-bond donors (Lipinski definition) is 2. The molecule has 0 aliphatic rings. The van der Waals surface area contributed by atoms with Crippen LogP contribution in [-0.4, -0.2) is 35.8 Å². The highest BCUT2D eigenvalue weighted by molar-refractivity contribution is 5.87. The molecular formula is C20H29N3O3. The van der Waals surface area contributed by atoms with E-state index >= 15 is 0 Å². The zero-order chi connectivity index (χ0) is 19.3. The van der Waals surface area contributed by atoms with Gasteiger partial charge in [-0.1, -0.05) is 39.0 Å². The molecule has 1 aromatic heterocycles. The molecule has 1 aromatic carbocycles. The van der Waals surface area contributed by atoms with Gasteiger partial charge in [0, 0.05) is 11.9 Å². The Morgan fingerprint density at radius 1 is 1.23 bits per heavy atom. The third kappa shape index (κ3) is 4.64. The van der Waals surface area contributed by atoms with Crippen molar-refractivity contribution in [2.24, 2.45) is 11.7 Å². The highest BCUT2D eigenvalue weighted by atomic mass is 16.3. The summed E-state index contributed by atoms with van der Waals surface area (Å²) >= 11 is 0. The van der Waals surface area contributed by atoms with E-state index in [1.165, 1.54) is 0 Å². The monoisotopic (exact) mass is 359 g/mol. The number of hydrogen-bond acceptors (Lipinski definition) is 4. The number of rotatable bonds is 8. The lowest BCUT2D eigenvalue weighted by Gasteiger charge is -2.28. The van der Waals surface area contributed by atoms with Crippen LogP contribution in [0.15, 0.2) is 34.7 Å². The van der Waals surface area contributed by atoms with E-state index < -0.39 is 6.04 Å². The minimum absolute atomic E-state index is 0.0197. The number of nitrogens with two attached hydrogens (primary N) is 1. The largest absolute Gasteiger partial charge is 0.459 e. The summed E-state index contributed by atoms with van der Waals surface area (Å²) in [6, 6.07) is 8.89. The fourth-order valence-electron chi connectivity index (χ4n) is 2.82. The molecule has 2 amide bonds. The van der Waals surface area contributed by atoms with Crippen LogP contribution in [0.25, 0.3) is 11.0 Å². The smallest absolute Gasteiger partial charge is 0.242 e. The van der Waals surface area contributed by atoms with Gasteiger partial charge in [0.1, 0.15) is 11.3 Å². The molecule has 142 valence electrons. The molecule has 0 radical (unpaired) electrons. The van der Waals surface area contributed by atoms with Crippen molar-refractivity contribution in [1.29, 1.82) is 0 Å². The maximum absolute atomic E-state index is 12.7. The molecule has 2 atom stereocenters. The van der Waals surface area contributed by atoms with Gasteiger partial charge in [-0.3, -0.25) is 9.59 Å². The van der Waals surface area contributed by atoms with Crippen molar-refractivity contribution in [3.8, 4) is 0 Å². The summed E-state index contributed by atoms with van der Waals surface area (Å²) in [4.78, 5) is 26.4. The lowest BCUT2D eigenvalue weighted by molar-refractivity contribution is -0.135. The number of carbonyl (C=O) groups is 2. The van der Waals surface area contributed by atoms with E-state index in [9.17, 15) is 9.59 Å². The second-order valence-corrected chi connectivity index (χ2v) is 6.94. The molecule has 2 rings (SSSR count). The first-order valence-electron chi connectivity index (χ1n) is 9.16. The molecule has 0 saturated carbocycles. The summed E-state index contributed by atoms with van der Waals surface area (Å²) in [7, 11) is 0. The number of furan rings is 1. The van der Waals surface area contributed by atoms with Crippen LogP contribution >= 0.6 is 0 Å². The average molecular weight is 359 g/mol. The summed E-state index contributed by atoms with van der Waals surface area (Å²) in [5, 5.41) is 3.66. The number of nitrogens with one attached hydrogen (secondary N) is 1. The Labute approximate surface area is 154 Å². The third-order valence-corrected chi connectivity index (χ3v) is 4.54. The predicted octanol–water partition coefficient (Wildman–Crippen LogP) is 2.83. The van der Waals surface area contributed by atoms with E-state index in [0.717, 1.165) is 23.2 Å². The molecule has 0 aliphatic carbocycles. The molecular weight excluding hydrogens is 330 g/mol. The Bertz CT molecular complexity index is 721. The molecule has 26 heavy (non-hydrogen) atoms. The number of nitrogens with zero attached hydrogens (tertiary/aromatic N) is 1. The molecule has 6 nitrogen and oxygen atoms in total. The summed E-state index contributed by atoms with van der Waals surface area (Å²) in [5.41, 5.74) is 6.62. The Morgan fingerprint density at radius 2 is 1.92 bits per heavy atom. The van der Waals surface area contributed by atoms with Gasteiger partial charge in [0.2, 0.25) is 11.8 Å². The minimum atomic E-state index is -0.616. The van der Waals surface area contributed by atoms with Crippen molar-refractivity contribution in [2.75, 3.05) is 13.1 Å². The van der Waals surface area contributed by atoms with Crippen molar-refractivity contribution in [2.45, 2.75) is 46.2 Å². The van der Waals surface area contributed by atoms with Crippen LogP contribution in [-0.2, 0) is 9.59 Å². The van der Waals surface area contributed by atoms with Gasteiger partial charge >= 0.3 is 0 Å². The van der Waals surface area contributed by atoms with Crippen LogP contribution in [0.4, 0.5) is 0 Å². The number of fused-ring (bicyclic) bond motifs is 1. The Kier molecular flexibility index (Phi) is 6.80. The van der Waals surface area contributed by atoms with Crippen molar-refractivity contribution in [3.63, 3.8) is 0 Å². The first-order valence-corrected chi connectivity index (χ1v) is 9.16. The molecule has 1 heterocycles. The summed E-state index contributed by atoms with van der Waals surface area (Å²) in [5.74, 6) is 0.301. The van der Waals surface area contributed by atoms with E-state index in [4.69, 9.17) is 10.2 Å². The standard InChI is InChI=1S/C20H29N3O3/c1-5-10-23(18(24)12-22-20(25)19(21)13(2)3)14(4)17-11-15-8-6-7-9-16(15)26-17/h6-9,11,13-14,19H,5,10,12,21H2,1-4H3,(H,22,25)/t14?,19-/m0/s1. The summed E-state index contributed by atoms with van der Waals surface area (Å²) in [6.07, 6.45) is 0.815. The van der Waals surface area contributed by atoms with Crippen molar-refractivity contribution >= 4 is 22.8 Å². The van der Waals surface area contributed by atoms with E-state index in [-0.39, 0.29) is 30.3 Å². The van der Waals surface area contributed by atoms with Crippen molar-refractivity contribution in [1.82, 2.24) is 10.2 Å². The Hall–Kier alpha value is -2.34. The molecule has 0 bridgehead atoms. The number of para-hydroxylation sites is 1. The van der Waals surface area contributed by atoms with Crippen LogP contribution < -0.4 is 11.1 Å². The van der Waals surface area contributed by atoms with Gasteiger partial charge in [-0.15, -0.1) is 0 Å². The molecule has 0 spiro atoms. The molecule has 1 unspecified atom stereocenters. The average Bonchev–Trinajstić information content (AvgIpc) is 3.06. The van der Waals surface area contributed by atoms with Crippen molar-refractivity contribution < 1.29 is 14.0 Å². The second-order valence-electron chi connectivity index (χ2n) is 6.94. The van der Waals surface area contributed by atoms with Crippen LogP contribution in [0.2, 0.25) is 0 Å². The maximum Gasteiger partial charge on any atom is 0.242 e. The lowest BCUT2D eigenvalue weighted by atomic mass is 10.1. The fraction of sp³-hybridized carbons (Fsp3) is 0.500. The summed E-state index contributed by atoms with van der Waals surface area (Å²) in [6.45, 7) is 8.22. The fourth-order valence-corrected chi connectivity index (χ4v) is 2.82. The van der Waals surface area contributed by atoms with E-state index in [2.05, 4.69) is 5.32 Å². The highest BCUT2D eigenvalue weighted by Gasteiger charge is 2.25. The van der Waals surface area contributed by atoms with Crippen LogP contribution in [0, 0.1) is 5.92 Å². The molecule has 0 saturated heterocycles. The van der Waals surface area contributed by atoms with Crippen molar-refractivity contribution in [3.05, 3.63) is 36.1 Å². The Balaban J connectivity index is 2.08. The molecule has 0 aliphatic heterocycles. The topological polar surface area (TPSA) is 88.6 Å². The van der Waals surface area contributed by atoms with Gasteiger partial charge in [0.25, 0.3) is 0 Å². The van der Waals surface area contributed by atoms with Gasteiger partial charge in [0.05, 0.1) is 18.6 Å². The number of carbonyl (C=O) groups excluding carboxylic acids is 2. The normalized spacial score (nSPS) is 13.6. The lowest BCUT2D eigenvalue weighted by Crippen LogP contribution is -2.48. The Morgan fingerprint density at radius 3 is 2.54 bits per heavy atom. The van der Waals surface area contributed by atoms with Gasteiger partial charge < -0.3 is 20.4 Å². The first-order chi connectivity index (χ1) is 12.3. The number of amides is 2. The van der Waals surface area contributed by atoms with Gasteiger partial charge in [-0.2, -0.15) is 0 Å². The molecule has 0 fully saturated rings. The van der Waals surface area contributed by atoms with E-state index in [1.54, 1.807) is 4.90 Å². The molecule has 3 N–H and O–H groups in total. The van der Waals surface area contributed by atoms with Crippen LogP contribution in [0.5, 0.6) is 0 Å². The van der Waals surface area contributed by atoms with E-state index in [0.29, 0.717) is 6.54 Å². The predicted molar refractivity (Wildman–Crippen MR) is 102 cm³/mol. The van der Waals surface area contributed by atoms with Crippen LogP contribution in [0.1, 0.15) is 45.9 Å². The molecule has 2 aromatic rings. The number of benzene rings is 1. The van der Waals surface area contributed by atoms with Gasteiger partial charge in [-0.25, -0.2) is 0 Å². The van der Waals surface area contributed by atoms with Crippen LogP contribution in [0.3, 0.4) is 0 Å². The van der Waals surface area contributed by atoms with E-state index in [1.807, 2.05) is 58.0 Å². The van der Waals surface area contributed by atoms with Gasteiger partial charge in [-0.05, 0) is 31.4 Å². The zero-order valence-corrected chi connectivity index (χ0v) is 16.0. The summed E-state index contributed by atoms with van der Waals surface area (Å²) < 4.78 is 5.90. The highest BCUT2D eigenvalue weighted by Crippen LogP contribution is 2.27. The molecule has 6 heteroatoms. The third-order valence-electron chi connectivity index (χ3n) is 4.54. The SMILES string of the molecule is CCCN(C(=O)CNC(=O)[C@@H](N)C(C)C)C(C)c1cc2ccccc2o1. The zero-order valence-electron chi connectivity index (χ0n) is 16.0. The van der Waals surface area contributed by atoms with Gasteiger partial charge in [0.15, 0.2) is 0 Å². The quantitative estimate of drug-likeness (QED) is 0.758. The second kappa shape index (κ2) is 8.85.